The minimum Gasteiger partial charge on any atom is -0.487 e. The summed E-state index contributed by atoms with van der Waals surface area (Å²) >= 11 is 7.96. The largest absolute Gasteiger partial charge is 0.487 e. The molecule has 1 saturated heterocycles. The average Bonchev–Trinajstić information content (AvgIpc) is 3.54. The fourth-order valence-corrected chi connectivity index (χ4v) is 6.46. The van der Waals surface area contributed by atoms with E-state index in [4.69, 9.17) is 16.3 Å². The van der Waals surface area contributed by atoms with Gasteiger partial charge in [0.25, 0.3) is 0 Å². The van der Waals surface area contributed by atoms with Crippen molar-refractivity contribution in [1.82, 2.24) is 14.2 Å². The van der Waals surface area contributed by atoms with E-state index in [1.165, 1.54) is 11.5 Å². The van der Waals surface area contributed by atoms with Crippen LogP contribution in [0.4, 0.5) is 0 Å². The van der Waals surface area contributed by atoms with Gasteiger partial charge in [0.2, 0.25) is 11.8 Å². The molecule has 0 unspecified atom stereocenters. The molecule has 1 aromatic carbocycles. The molecule has 2 fully saturated rings. The van der Waals surface area contributed by atoms with Gasteiger partial charge in [0.1, 0.15) is 18.5 Å². The first-order valence-electron chi connectivity index (χ1n) is 12.1. The smallest absolute Gasteiger partial charge is 0.307 e. The van der Waals surface area contributed by atoms with Gasteiger partial charge in [-0.1, -0.05) is 24.4 Å². The number of halogens is 1. The number of nitrogens with zero attached hydrogens (tertiary/aromatic N) is 3. The number of likely N-dealkylation sites (tertiary alicyclic amines) is 1. The Morgan fingerprint density at radius 1 is 1.11 bits per heavy atom. The first kappa shape index (κ1) is 24.1. The molecule has 186 valence electrons. The van der Waals surface area contributed by atoms with Gasteiger partial charge in [0.05, 0.1) is 17.5 Å². The Bertz CT molecular complexity index is 1120. The highest BCUT2D eigenvalue weighted by Crippen LogP contribution is 2.45. The summed E-state index contributed by atoms with van der Waals surface area (Å²) in [7, 11) is 0. The van der Waals surface area contributed by atoms with Gasteiger partial charge in [-0.05, 0) is 61.0 Å². The van der Waals surface area contributed by atoms with Gasteiger partial charge in [0, 0.05) is 35.5 Å². The van der Waals surface area contributed by atoms with Gasteiger partial charge in [0.15, 0.2) is 0 Å². The van der Waals surface area contributed by atoms with Crippen LogP contribution in [0.1, 0.15) is 61.5 Å². The van der Waals surface area contributed by atoms with Crippen molar-refractivity contribution in [3.63, 3.8) is 0 Å². The summed E-state index contributed by atoms with van der Waals surface area (Å²) in [5.41, 5.74) is 2.39. The number of hydrogen-bond acceptors (Lipinski definition) is 6. The van der Waals surface area contributed by atoms with E-state index in [9.17, 15) is 19.5 Å². The molecule has 35 heavy (non-hydrogen) atoms. The maximum absolute atomic E-state index is 13.9. The lowest BCUT2D eigenvalue weighted by molar-refractivity contribution is -0.157. The fourth-order valence-electron chi connectivity index (χ4n) is 5.67. The molecule has 1 N–H and O–H groups in total. The van der Waals surface area contributed by atoms with E-state index in [1.54, 1.807) is 21.9 Å². The van der Waals surface area contributed by atoms with Crippen molar-refractivity contribution in [3.05, 3.63) is 45.4 Å². The van der Waals surface area contributed by atoms with Crippen LogP contribution in [0.15, 0.2) is 23.6 Å². The number of aromatic nitrogens is 1. The molecule has 8 nitrogen and oxygen atoms in total. The fraction of sp³-hybridized carbons (Fsp3) is 0.520. The predicted molar refractivity (Wildman–Crippen MR) is 130 cm³/mol. The maximum Gasteiger partial charge on any atom is 0.307 e. The van der Waals surface area contributed by atoms with Crippen LogP contribution >= 0.6 is 23.1 Å². The number of hydrogen-bond donors (Lipinski definition) is 1. The van der Waals surface area contributed by atoms with Crippen molar-refractivity contribution in [2.45, 2.75) is 57.7 Å². The van der Waals surface area contributed by atoms with Crippen molar-refractivity contribution in [2.24, 2.45) is 11.8 Å². The monoisotopic (exact) mass is 517 g/mol. The average molecular weight is 518 g/mol. The number of carboxylic acids is 1. The SMILES string of the molecule is O=C(O)[C@H]1CCCC[C@H]1C(=O)N1CCc2c(Cl)ccc(OCc3ccsn3)c2[C@H]1N1CCCC1=O. The second kappa shape index (κ2) is 10.1. The number of carbonyl (C=O) groups is 3. The van der Waals surface area contributed by atoms with Crippen molar-refractivity contribution in [2.75, 3.05) is 13.1 Å². The van der Waals surface area contributed by atoms with E-state index < -0.39 is 24.0 Å². The summed E-state index contributed by atoms with van der Waals surface area (Å²) in [5.74, 6) is -1.88. The third-order valence-electron chi connectivity index (χ3n) is 7.37. The summed E-state index contributed by atoms with van der Waals surface area (Å²) in [6.45, 7) is 1.16. The molecule has 10 heteroatoms. The van der Waals surface area contributed by atoms with Crippen molar-refractivity contribution < 1.29 is 24.2 Å². The van der Waals surface area contributed by atoms with Gasteiger partial charge in [-0.15, -0.1) is 0 Å². The van der Waals surface area contributed by atoms with Gasteiger partial charge >= 0.3 is 5.97 Å². The number of rotatable bonds is 6. The Kier molecular flexibility index (Phi) is 6.98. The zero-order valence-electron chi connectivity index (χ0n) is 19.3. The van der Waals surface area contributed by atoms with Crippen LogP contribution in [-0.4, -0.2) is 50.2 Å². The summed E-state index contributed by atoms with van der Waals surface area (Å²) in [6.07, 6.45) is 3.65. The number of ether oxygens (including phenoxy) is 1. The number of carbonyl (C=O) groups excluding carboxylic acids is 2. The zero-order chi connectivity index (χ0) is 24.5. The number of carboxylic acid groups (broad SMARTS) is 1. The molecule has 1 aliphatic carbocycles. The zero-order valence-corrected chi connectivity index (χ0v) is 20.9. The van der Waals surface area contributed by atoms with Crippen LogP contribution in [0.25, 0.3) is 0 Å². The predicted octanol–water partition coefficient (Wildman–Crippen LogP) is 4.27. The molecule has 1 saturated carbocycles. The van der Waals surface area contributed by atoms with Crippen molar-refractivity contribution in [3.8, 4) is 5.75 Å². The molecule has 0 bridgehead atoms. The van der Waals surface area contributed by atoms with Crippen LogP contribution in [0.5, 0.6) is 5.75 Å². The van der Waals surface area contributed by atoms with Crippen molar-refractivity contribution >= 4 is 40.9 Å². The molecule has 2 amide bonds. The molecule has 2 aromatic rings. The number of aliphatic carboxylic acids is 1. The van der Waals surface area contributed by atoms with Gasteiger partial charge in [-0.2, -0.15) is 4.37 Å². The second-order valence-electron chi connectivity index (χ2n) is 9.40. The van der Waals surface area contributed by atoms with Crippen LogP contribution in [0.3, 0.4) is 0 Å². The minimum absolute atomic E-state index is 0.0236. The molecule has 5 rings (SSSR count). The topological polar surface area (TPSA) is 100 Å². The Labute approximate surface area is 213 Å². The van der Waals surface area contributed by atoms with E-state index in [1.807, 2.05) is 11.4 Å². The van der Waals surface area contributed by atoms with Crippen molar-refractivity contribution in [1.29, 1.82) is 0 Å². The summed E-state index contributed by atoms with van der Waals surface area (Å²) in [6, 6.07) is 5.47. The Balaban J connectivity index is 1.54. The normalized spacial score (nSPS) is 24.4. The summed E-state index contributed by atoms with van der Waals surface area (Å²) in [5, 5.41) is 12.3. The lowest BCUT2D eigenvalue weighted by Gasteiger charge is -2.45. The molecule has 3 heterocycles. The molecular weight excluding hydrogens is 490 g/mol. The maximum atomic E-state index is 13.9. The van der Waals surface area contributed by atoms with E-state index in [0.717, 1.165) is 29.7 Å². The summed E-state index contributed by atoms with van der Waals surface area (Å²) < 4.78 is 10.5. The Hall–Kier alpha value is -2.65. The quantitative estimate of drug-likeness (QED) is 0.614. The standard InChI is InChI=1S/C25H28ClN3O5S/c26-19-7-8-20(34-14-15-10-13-35-27-15)22-18(19)9-12-29(23(22)28-11-3-6-21(28)30)24(31)16-4-1-2-5-17(16)25(32)33/h7-8,10,13,16-17,23H,1-6,9,11-12,14H2,(H,32,33)/t16-,17+,23+/m1/s1. The number of fused-ring (bicyclic) bond motifs is 1. The van der Waals surface area contributed by atoms with Crippen LogP contribution in [0.2, 0.25) is 5.02 Å². The molecule has 0 radical (unpaired) electrons. The van der Waals surface area contributed by atoms with Crippen LogP contribution < -0.4 is 4.74 Å². The van der Waals surface area contributed by atoms with E-state index in [-0.39, 0.29) is 18.4 Å². The second-order valence-corrected chi connectivity index (χ2v) is 10.5. The summed E-state index contributed by atoms with van der Waals surface area (Å²) in [4.78, 5) is 42.3. The molecule has 3 atom stereocenters. The highest BCUT2D eigenvalue weighted by Gasteiger charge is 2.45. The van der Waals surface area contributed by atoms with E-state index in [2.05, 4.69) is 4.37 Å². The van der Waals surface area contributed by atoms with E-state index >= 15 is 0 Å². The Morgan fingerprint density at radius 3 is 2.60 bits per heavy atom. The first-order chi connectivity index (χ1) is 17.0. The molecule has 2 aliphatic heterocycles. The molecule has 1 aromatic heterocycles. The first-order valence-corrected chi connectivity index (χ1v) is 13.3. The number of benzene rings is 1. The van der Waals surface area contributed by atoms with E-state index in [0.29, 0.717) is 56.0 Å². The Morgan fingerprint density at radius 2 is 1.91 bits per heavy atom. The highest BCUT2D eigenvalue weighted by molar-refractivity contribution is 7.03. The third kappa shape index (κ3) is 4.63. The minimum atomic E-state index is -0.926. The lowest BCUT2D eigenvalue weighted by Crippen LogP contribution is -2.52. The highest BCUT2D eigenvalue weighted by atomic mass is 35.5. The number of amides is 2. The van der Waals surface area contributed by atoms with Gasteiger partial charge in [-0.25, -0.2) is 0 Å². The lowest BCUT2D eigenvalue weighted by atomic mass is 9.78. The molecule has 3 aliphatic rings. The molecule has 0 spiro atoms. The van der Waals surface area contributed by atoms with Gasteiger partial charge < -0.3 is 19.6 Å². The molecular formula is C25H28ClN3O5S. The third-order valence-corrected chi connectivity index (χ3v) is 8.32. The van der Waals surface area contributed by atoms with Gasteiger partial charge in [-0.3, -0.25) is 14.4 Å². The van der Waals surface area contributed by atoms with Crippen LogP contribution in [-0.2, 0) is 27.4 Å². The van der Waals surface area contributed by atoms with Crippen LogP contribution in [0, 0.1) is 11.8 Å².